The maximum atomic E-state index is 12.7. The van der Waals surface area contributed by atoms with Crippen molar-refractivity contribution in [2.75, 3.05) is 0 Å². The molecule has 1 aliphatic carbocycles. The van der Waals surface area contributed by atoms with E-state index in [1.165, 1.54) is 10.9 Å². The van der Waals surface area contributed by atoms with Gasteiger partial charge < -0.3 is 4.57 Å². The summed E-state index contributed by atoms with van der Waals surface area (Å²) in [5.41, 5.74) is 0.952. The third kappa shape index (κ3) is 3.47. The molecule has 0 spiro atoms. The first-order valence-electron chi connectivity index (χ1n) is 7.33. The largest absolute Gasteiger partial charge is 0.324 e. The van der Waals surface area contributed by atoms with Crippen LogP contribution in [0, 0.1) is 5.92 Å². The number of hydrogen-bond acceptors (Lipinski definition) is 3. The van der Waals surface area contributed by atoms with Crippen molar-refractivity contribution in [2.45, 2.75) is 30.3 Å². The number of aryl methyl sites for hydroxylation is 1. The Balaban J connectivity index is 1.92. The summed E-state index contributed by atoms with van der Waals surface area (Å²) in [5.74, 6) is 0.299. The average molecular weight is 419 g/mol. The summed E-state index contributed by atoms with van der Waals surface area (Å²) in [6.45, 7) is 0. The number of hydrogen-bond donors (Lipinski definition) is 1. The SMILES string of the molecule is Cn1cnc(S(=O)(=O)N[C@@H](c2ccc(Br)cc2)C2CCC2)c1Cl. The van der Waals surface area contributed by atoms with Crippen molar-refractivity contribution >= 4 is 37.6 Å². The lowest BCUT2D eigenvalue weighted by atomic mass is 9.77. The van der Waals surface area contributed by atoms with Crippen LogP contribution in [0.1, 0.15) is 30.9 Å². The minimum atomic E-state index is -3.77. The summed E-state index contributed by atoms with van der Waals surface area (Å²) in [4.78, 5) is 3.92. The van der Waals surface area contributed by atoms with Gasteiger partial charge in [0.15, 0.2) is 0 Å². The number of benzene rings is 1. The molecule has 1 N–H and O–H groups in total. The van der Waals surface area contributed by atoms with Crippen molar-refractivity contribution in [2.24, 2.45) is 13.0 Å². The molecule has 2 aromatic rings. The van der Waals surface area contributed by atoms with E-state index in [4.69, 9.17) is 11.6 Å². The van der Waals surface area contributed by atoms with Crippen LogP contribution in [-0.4, -0.2) is 18.0 Å². The molecule has 124 valence electrons. The zero-order valence-corrected chi connectivity index (χ0v) is 15.7. The average Bonchev–Trinajstić information content (AvgIpc) is 2.78. The molecule has 1 aromatic carbocycles. The van der Waals surface area contributed by atoms with Gasteiger partial charge in [0.05, 0.1) is 6.33 Å². The van der Waals surface area contributed by atoms with Crippen LogP contribution < -0.4 is 4.72 Å². The van der Waals surface area contributed by atoms with Crippen LogP contribution in [0.15, 0.2) is 40.1 Å². The van der Waals surface area contributed by atoms with E-state index in [0.717, 1.165) is 29.3 Å². The van der Waals surface area contributed by atoms with Gasteiger partial charge in [-0.2, -0.15) is 0 Å². The van der Waals surface area contributed by atoms with Gasteiger partial charge in [-0.25, -0.2) is 18.1 Å². The topological polar surface area (TPSA) is 64.0 Å². The van der Waals surface area contributed by atoms with Gasteiger partial charge in [-0.05, 0) is 36.5 Å². The van der Waals surface area contributed by atoms with E-state index in [0.29, 0.717) is 5.92 Å². The van der Waals surface area contributed by atoms with Gasteiger partial charge in [0.2, 0.25) is 5.03 Å². The van der Waals surface area contributed by atoms with Crippen LogP contribution in [0.5, 0.6) is 0 Å². The lowest BCUT2D eigenvalue weighted by Crippen LogP contribution is -2.36. The third-order valence-electron chi connectivity index (χ3n) is 4.22. The molecule has 1 aromatic heterocycles. The molecule has 3 rings (SSSR count). The molecule has 1 saturated carbocycles. The molecule has 0 radical (unpaired) electrons. The van der Waals surface area contributed by atoms with Crippen molar-refractivity contribution in [1.82, 2.24) is 14.3 Å². The van der Waals surface area contributed by atoms with E-state index in [1.807, 2.05) is 24.3 Å². The Labute approximate surface area is 149 Å². The minimum Gasteiger partial charge on any atom is -0.324 e. The van der Waals surface area contributed by atoms with Gasteiger partial charge in [-0.1, -0.05) is 46.1 Å². The predicted molar refractivity (Wildman–Crippen MR) is 92.8 cm³/mol. The Morgan fingerprint density at radius 1 is 1.35 bits per heavy atom. The number of halogens is 2. The molecule has 1 aliphatic rings. The predicted octanol–water partition coefficient (Wildman–Crippen LogP) is 3.66. The highest BCUT2D eigenvalue weighted by atomic mass is 79.9. The Kier molecular flexibility index (Phi) is 4.83. The summed E-state index contributed by atoms with van der Waals surface area (Å²) in [5, 5.41) is -0.0104. The molecule has 1 atom stereocenters. The van der Waals surface area contributed by atoms with Crippen molar-refractivity contribution in [1.29, 1.82) is 0 Å². The number of sulfonamides is 1. The monoisotopic (exact) mass is 417 g/mol. The van der Waals surface area contributed by atoms with E-state index in [2.05, 4.69) is 25.6 Å². The van der Waals surface area contributed by atoms with Crippen molar-refractivity contribution < 1.29 is 8.42 Å². The lowest BCUT2D eigenvalue weighted by Gasteiger charge is -2.34. The van der Waals surface area contributed by atoms with Gasteiger partial charge in [-0.15, -0.1) is 0 Å². The number of nitrogens with zero attached hydrogens (tertiary/aromatic N) is 2. The fourth-order valence-corrected chi connectivity index (χ4v) is 4.66. The second-order valence-corrected chi connectivity index (χ2v) is 8.70. The number of rotatable bonds is 5. The molecule has 0 aliphatic heterocycles. The molecular formula is C15H17BrClN3O2S. The van der Waals surface area contributed by atoms with Gasteiger partial charge >= 0.3 is 0 Å². The fraction of sp³-hybridized carbons (Fsp3) is 0.400. The van der Waals surface area contributed by atoms with Gasteiger partial charge in [-0.3, -0.25) is 0 Å². The second-order valence-electron chi connectivity index (χ2n) is 5.79. The Hall–Kier alpha value is -0.890. The quantitative estimate of drug-likeness (QED) is 0.806. The van der Waals surface area contributed by atoms with Crippen molar-refractivity contribution in [3.8, 4) is 0 Å². The molecular weight excluding hydrogens is 402 g/mol. The van der Waals surface area contributed by atoms with Gasteiger partial charge in [0, 0.05) is 17.6 Å². The Morgan fingerprint density at radius 2 is 2.00 bits per heavy atom. The molecule has 0 saturated heterocycles. The fourth-order valence-electron chi connectivity index (χ4n) is 2.68. The van der Waals surface area contributed by atoms with E-state index in [1.54, 1.807) is 7.05 Å². The molecule has 0 unspecified atom stereocenters. The van der Waals surface area contributed by atoms with Gasteiger partial charge in [0.25, 0.3) is 10.0 Å². The first kappa shape index (κ1) is 17.0. The summed E-state index contributed by atoms with van der Waals surface area (Å²) >= 11 is 9.45. The van der Waals surface area contributed by atoms with Crippen LogP contribution in [0.3, 0.4) is 0 Å². The second kappa shape index (κ2) is 6.55. The maximum absolute atomic E-state index is 12.7. The molecule has 0 bridgehead atoms. The van der Waals surface area contributed by atoms with Crippen LogP contribution in [-0.2, 0) is 17.1 Å². The molecule has 1 fully saturated rings. The summed E-state index contributed by atoms with van der Waals surface area (Å²) < 4.78 is 30.6. The Morgan fingerprint density at radius 3 is 2.48 bits per heavy atom. The zero-order chi connectivity index (χ0) is 16.6. The van der Waals surface area contributed by atoms with Crippen molar-refractivity contribution in [3.05, 3.63) is 45.8 Å². The first-order chi connectivity index (χ1) is 10.9. The normalized spacial score (nSPS) is 17.0. The van der Waals surface area contributed by atoms with E-state index in [9.17, 15) is 8.42 Å². The summed E-state index contributed by atoms with van der Waals surface area (Å²) in [6, 6.07) is 7.46. The standard InChI is InChI=1S/C15H17BrClN3O2S/c1-20-9-18-15(14(20)17)23(21,22)19-13(10-3-2-4-10)11-5-7-12(16)8-6-11/h5-10,13,19H,2-4H2,1H3/t13-/m1/s1. The number of aromatic nitrogens is 2. The smallest absolute Gasteiger partial charge is 0.261 e. The zero-order valence-electron chi connectivity index (χ0n) is 12.5. The lowest BCUT2D eigenvalue weighted by molar-refractivity contribution is 0.251. The highest BCUT2D eigenvalue weighted by Crippen LogP contribution is 2.39. The number of nitrogens with one attached hydrogen (secondary N) is 1. The third-order valence-corrected chi connectivity index (χ3v) is 6.68. The van der Waals surface area contributed by atoms with Crippen molar-refractivity contribution in [3.63, 3.8) is 0 Å². The summed E-state index contributed by atoms with van der Waals surface area (Å²) in [6.07, 6.45) is 4.55. The Bertz CT molecular complexity index is 801. The maximum Gasteiger partial charge on any atom is 0.261 e. The molecule has 1 heterocycles. The van der Waals surface area contributed by atoms with E-state index < -0.39 is 10.0 Å². The first-order valence-corrected chi connectivity index (χ1v) is 9.98. The highest BCUT2D eigenvalue weighted by molar-refractivity contribution is 9.10. The van der Waals surface area contributed by atoms with Crippen LogP contribution in [0.4, 0.5) is 0 Å². The number of imidazole rings is 1. The minimum absolute atomic E-state index is 0.112. The molecule has 8 heteroatoms. The molecule has 23 heavy (non-hydrogen) atoms. The molecule has 0 amide bonds. The molecule has 5 nitrogen and oxygen atoms in total. The van der Waals surface area contributed by atoms with Crippen LogP contribution >= 0.6 is 27.5 Å². The summed E-state index contributed by atoms with van der Waals surface area (Å²) in [7, 11) is -2.12. The van der Waals surface area contributed by atoms with E-state index >= 15 is 0 Å². The van der Waals surface area contributed by atoms with Crippen LogP contribution in [0.2, 0.25) is 5.15 Å². The van der Waals surface area contributed by atoms with Crippen LogP contribution in [0.25, 0.3) is 0 Å². The van der Waals surface area contributed by atoms with Gasteiger partial charge in [0.1, 0.15) is 5.15 Å². The highest BCUT2D eigenvalue weighted by Gasteiger charge is 2.34. The van der Waals surface area contributed by atoms with E-state index in [-0.39, 0.29) is 16.2 Å².